The molecule has 138 valence electrons. The number of aryl methyl sites for hydroxylation is 1. The van der Waals surface area contributed by atoms with Gasteiger partial charge in [-0.2, -0.15) is 0 Å². The lowest BCUT2D eigenvalue weighted by Crippen LogP contribution is -2.11. The molecule has 0 bridgehead atoms. The Bertz CT molecular complexity index is 934. The van der Waals surface area contributed by atoms with Crippen molar-refractivity contribution in [3.05, 3.63) is 81.9 Å². The van der Waals surface area contributed by atoms with Gasteiger partial charge in [-0.25, -0.2) is 9.78 Å². The predicted octanol–water partition coefficient (Wildman–Crippen LogP) is 4.47. The van der Waals surface area contributed by atoms with E-state index in [2.05, 4.69) is 22.4 Å². The van der Waals surface area contributed by atoms with Gasteiger partial charge in [0.15, 0.2) is 5.13 Å². The number of hydrogen-bond acceptors (Lipinski definition) is 5. The number of anilines is 1. The van der Waals surface area contributed by atoms with Crippen LogP contribution in [0.25, 0.3) is 0 Å². The van der Waals surface area contributed by atoms with Crippen molar-refractivity contribution in [2.24, 2.45) is 0 Å². The van der Waals surface area contributed by atoms with Crippen LogP contribution in [0.2, 0.25) is 0 Å². The number of nitrogens with one attached hydrogen (secondary N) is 1. The summed E-state index contributed by atoms with van der Waals surface area (Å²) in [4.78, 5) is 28.9. The maximum absolute atomic E-state index is 12.4. The minimum Gasteiger partial charge on any atom is -0.462 e. The number of hydrogen-bond donors (Lipinski definition) is 1. The standard InChI is InChI=1S/C21H20N2O3S/c1-3-26-20(25)18-14(2)22-21(27-18)23-19(24)17-11-9-16(10-12-17)13-15-7-5-4-6-8-15/h4-12H,3,13H2,1-2H3,(H,22,23,24). The van der Waals surface area contributed by atoms with Crippen molar-refractivity contribution < 1.29 is 14.3 Å². The zero-order valence-corrected chi connectivity index (χ0v) is 16.0. The average molecular weight is 380 g/mol. The van der Waals surface area contributed by atoms with E-state index < -0.39 is 5.97 Å². The molecule has 1 heterocycles. The lowest BCUT2D eigenvalue weighted by Gasteiger charge is -2.05. The van der Waals surface area contributed by atoms with Crippen LogP contribution < -0.4 is 5.32 Å². The number of ether oxygens (including phenoxy) is 1. The second-order valence-corrected chi connectivity index (χ2v) is 6.97. The van der Waals surface area contributed by atoms with E-state index in [1.165, 1.54) is 5.56 Å². The van der Waals surface area contributed by atoms with E-state index in [9.17, 15) is 9.59 Å². The molecule has 0 radical (unpaired) electrons. The third kappa shape index (κ3) is 4.80. The molecule has 0 saturated heterocycles. The molecule has 0 spiro atoms. The van der Waals surface area contributed by atoms with Gasteiger partial charge in [-0.15, -0.1) is 0 Å². The Morgan fingerprint density at radius 2 is 1.70 bits per heavy atom. The summed E-state index contributed by atoms with van der Waals surface area (Å²) in [5, 5.41) is 3.13. The Morgan fingerprint density at radius 1 is 1.04 bits per heavy atom. The number of thiazole rings is 1. The van der Waals surface area contributed by atoms with Crippen LogP contribution in [0.4, 0.5) is 5.13 Å². The summed E-state index contributed by atoms with van der Waals surface area (Å²) in [5.41, 5.74) is 3.44. The first-order chi connectivity index (χ1) is 13.1. The minimum atomic E-state index is -0.418. The fourth-order valence-electron chi connectivity index (χ4n) is 2.61. The molecule has 3 aromatic rings. The molecule has 0 aliphatic rings. The van der Waals surface area contributed by atoms with E-state index in [4.69, 9.17) is 4.74 Å². The van der Waals surface area contributed by atoms with Gasteiger partial charge in [-0.05, 0) is 43.5 Å². The molecule has 0 fully saturated rings. The number of carbonyl (C=O) groups excluding carboxylic acids is 2. The van der Waals surface area contributed by atoms with Crippen LogP contribution in [0.15, 0.2) is 54.6 Å². The zero-order chi connectivity index (χ0) is 19.2. The number of carbonyl (C=O) groups is 2. The number of nitrogens with zero attached hydrogens (tertiary/aromatic N) is 1. The van der Waals surface area contributed by atoms with Crippen LogP contribution in [0.3, 0.4) is 0 Å². The smallest absolute Gasteiger partial charge is 0.350 e. The first kappa shape index (κ1) is 18.8. The molecule has 2 aromatic carbocycles. The molecule has 0 aliphatic carbocycles. The Hall–Kier alpha value is -2.99. The topological polar surface area (TPSA) is 68.3 Å². The minimum absolute atomic E-state index is 0.259. The van der Waals surface area contributed by atoms with Crippen LogP contribution in [-0.4, -0.2) is 23.5 Å². The maximum Gasteiger partial charge on any atom is 0.350 e. The highest BCUT2D eigenvalue weighted by Crippen LogP contribution is 2.24. The molecule has 0 saturated carbocycles. The van der Waals surface area contributed by atoms with E-state index in [0.29, 0.717) is 27.9 Å². The largest absolute Gasteiger partial charge is 0.462 e. The molecule has 6 heteroatoms. The lowest BCUT2D eigenvalue weighted by molar-refractivity contribution is 0.0531. The fourth-order valence-corrected chi connectivity index (χ4v) is 3.47. The first-order valence-corrected chi connectivity index (χ1v) is 9.47. The van der Waals surface area contributed by atoms with Crippen molar-refractivity contribution in [3.63, 3.8) is 0 Å². The third-order valence-electron chi connectivity index (χ3n) is 3.95. The van der Waals surface area contributed by atoms with Crippen molar-refractivity contribution in [3.8, 4) is 0 Å². The number of aromatic nitrogens is 1. The summed E-state index contributed by atoms with van der Waals surface area (Å²) in [6, 6.07) is 17.6. The maximum atomic E-state index is 12.4. The number of amides is 1. The van der Waals surface area contributed by atoms with Crippen molar-refractivity contribution in [2.45, 2.75) is 20.3 Å². The zero-order valence-electron chi connectivity index (χ0n) is 15.2. The molecular weight excluding hydrogens is 360 g/mol. The highest BCUT2D eigenvalue weighted by Gasteiger charge is 2.18. The van der Waals surface area contributed by atoms with Crippen LogP contribution in [0, 0.1) is 6.92 Å². The fraction of sp³-hybridized carbons (Fsp3) is 0.190. The molecule has 0 atom stereocenters. The van der Waals surface area contributed by atoms with Crippen molar-refractivity contribution in [1.29, 1.82) is 0 Å². The molecule has 1 amide bonds. The van der Waals surface area contributed by atoms with Gasteiger partial charge < -0.3 is 4.74 Å². The van der Waals surface area contributed by atoms with Gasteiger partial charge >= 0.3 is 5.97 Å². The highest BCUT2D eigenvalue weighted by molar-refractivity contribution is 7.17. The Balaban J connectivity index is 1.66. The summed E-state index contributed by atoms with van der Waals surface area (Å²) in [6.45, 7) is 3.77. The van der Waals surface area contributed by atoms with Gasteiger partial charge in [0.1, 0.15) is 4.88 Å². The van der Waals surface area contributed by atoms with Gasteiger partial charge in [-0.3, -0.25) is 10.1 Å². The lowest BCUT2D eigenvalue weighted by atomic mass is 10.0. The average Bonchev–Trinajstić information content (AvgIpc) is 3.03. The summed E-state index contributed by atoms with van der Waals surface area (Å²) >= 11 is 1.12. The van der Waals surface area contributed by atoms with Gasteiger partial charge in [-0.1, -0.05) is 53.8 Å². The van der Waals surface area contributed by atoms with Crippen LogP contribution in [0.5, 0.6) is 0 Å². The molecule has 0 unspecified atom stereocenters. The van der Waals surface area contributed by atoms with Crippen LogP contribution >= 0.6 is 11.3 Å². The SMILES string of the molecule is CCOC(=O)c1sc(NC(=O)c2ccc(Cc3ccccc3)cc2)nc1C. The van der Waals surface area contributed by atoms with E-state index in [1.54, 1.807) is 26.0 Å². The monoisotopic (exact) mass is 380 g/mol. The van der Waals surface area contributed by atoms with Gasteiger partial charge in [0.2, 0.25) is 0 Å². The quantitative estimate of drug-likeness (QED) is 0.641. The molecule has 0 aliphatic heterocycles. The Labute approximate surface area is 162 Å². The Morgan fingerprint density at radius 3 is 2.37 bits per heavy atom. The Kier molecular flexibility index (Phi) is 5.98. The van der Waals surface area contributed by atoms with Crippen molar-refractivity contribution >= 4 is 28.3 Å². The molecular formula is C21H20N2O3S. The molecule has 3 rings (SSSR count). The van der Waals surface area contributed by atoms with Crippen LogP contribution in [-0.2, 0) is 11.2 Å². The summed E-state index contributed by atoms with van der Waals surface area (Å²) in [5.74, 6) is -0.677. The first-order valence-electron chi connectivity index (χ1n) is 8.65. The molecule has 1 aromatic heterocycles. The van der Waals surface area contributed by atoms with Gasteiger partial charge in [0, 0.05) is 5.56 Å². The third-order valence-corrected chi connectivity index (χ3v) is 5.00. The summed E-state index contributed by atoms with van der Waals surface area (Å²) < 4.78 is 4.99. The number of rotatable bonds is 6. The molecule has 5 nitrogen and oxygen atoms in total. The number of benzene rings is 2. The second-order valence-electron chi connectivity index (χ2n) is 5.97. The second kappa shape index (κ2) is 8.60. The van der Waals surface area contributed by atoms with Crippen LogP contribution in [0.1, 0.15) is 43.8 Å². The van der Waals surface area contributed by atoms with Crippen molar-refractivity contribution in [2.75, 3.05) is 11.9 Å². The predicted molar refractivity (Wildman–Crippen MR) is 106 cm³/mol. The summed E-state index contributed by atoms with van der Waals surface area (Å²) in [7, 11) is 0. The van der Waals surface area contributed by atoms with Crippen molar-refractivity contribution in [1.82, 2.24) is 4.98 Å². The molecule has 1 N–H and O–H groups in total. The summed E-state index contributed by atoms with van der Waals surface area (Å²) in [6.07, 6.45) is 0.817. The van der Waals surface area contributed by atoms with E-state index in [0.717, 1.165) is 23.3 Å². The normalized spacial score (nSPS) is 10.4. The van der Waals surface area contributed by atoms with E-state index in [-0.39, 0.29) is 5.91 Å². The van der Waals surface area contributed by atoms with Gasteiger partial charge in [0.25, 0.3) is 5.91 Å². The van der Waals surface area contributed by atoms with E-state index >= 15 is 0 Å². The van der Waals surface area contributed by atoms with Gasteiger partial charge in [0.05, 0.1) is 12.3 Å². The number of esters is 1. The van der Waals surface area contributed by atoms with E-state index in [1.807, 2.05) is 30.3 Å². The highest BCUT2D eigenvalue weighted by atomic mass is 32.1. The molecule has 27 heavy (non-hydrogen) atoms.